The van der Waals surface area contributed by atoms with E-state index in [4.69, 9.17) is 27.9 Å². The first kappa shape index (κ1) is 30.3. The average molecular weight is 605 g/mol. The number of carbonyl (C=O) groups is 3. The van der Waals surface area contributed by atoms with Gasteiger partial charge in [-0.3, -0.25) is 24.0 Å². The van der Waals surface area contributed by atoms with Crippen LogP contribution in [0.2, 0.25) is 10.0 Å². The number of carboxylic acid groups (broad SMARTS) is 1. The van der Waals surface area contributed by atoms with Gasteiger partial charge in [-0.05, 0) is 52.4 Å². The zero-order valence-electron chi connectivity index (χ0n) is 21.8. The Balaban J connectivity index is 1.60. The van der Waals surface area contributed by atoms with Crippen LogP contribution < -0.4 is 5.32 Å². The molecule has 0 aromatic carbocycles. The molecule has 1 saturated carbocycles. The van der Waals surface area contributed by atoms with Crippen LogP contribution in [-0.2, 0) is 15.7 Å². The lowest BCUT2D eigenvalue weighted by molar-refractivity contribution is -0.152. The first-order chi connectivity index (χ1) is 18.7. The standard InChI is InChI=1S/C26H29Cl2F3N4O5/c1-13-3-4-20(40-13)18(9-19(36)21-16(27)11-32-12-17(21)28)34-23(37)15-10-33-35(22(15)26(29,30)31)14-5-7-25(2,8-6-14)24(38)39/h10-14,18,20H,3-9H2,1-2H3,(H,34,37)(H,38,39)/t13-,14?,18?,20-,25?/m1/s1. The van der Waals surface area contributed by atoms with Crippen LogP contribution in [0.25, 0.3) is 0 Å². The van der Waals surface area contributed by atoms with Gasteiger partial charge < -0.3 is 15.2 Å². The molecule has 0 bridgehead atoms. The third kappa shape index (κ3) is 6.28. The minimum atomic E-state index is -4.92. The first-order valence-electron chi connectivity index (χ1n) is 12.9. The Morgan fingerprint density at radius 1 is 1.15 bits per heavy atom. The van der Waals surface area contributed by atoms with Gasteiger partial charge >= 0.3 is 12.1 Å². The maximum absolute atomic E-state index is 14.3. The van der Waals surface area contributed by atoms with Crippen molar-refractivity contribution >= 4 is 40.9 Å². The summed E-state index contributed by atoms with van der Waals surface area (Å²) < 4.78 is 49.5. The molecule has 1 unspecified atom stereocenters. The SMILES string of the molecule is C[C@@H]1CC[C@H](C(CC(=O)c2c(Cl)cncc2Cl)NC(=O)c2cnn(C3CCC(C)(C(=O)O)CC3)c2C(F)(F)F)O1. The number of amides is 1. The molecule has 3 atom stereocenters. The molecule has 9 nitrogen and oxygen atoms in total. The molecule has 2 aromatic heterocycles. The molecule has 2 fully saturated rings. The largest absolute Gasteiger partial charge is 0.481 e. The van der Waals surface area contributed by atoms with Gasteiger partial charge in [-0.2, -0.15) is 18.3 Å². The van der Waals surface area contributed by atoms with E-state index in [9.17, 15) is 32.7 Å². The number of ketones is 1. The van der Waals surface area contributed by atoms with Crippen LogP contribution in [0, 0.1) is 5.41 Å². The van der Waals surface area contributed by atoms with E-state index in [1.54, 1.807) is 6.92 Å². The second kappa shape index (κ2) is 11.7. The van der Waals surface area contributed by atoms with Gasteiger partial charge in [0.25, 0.3) is 5.91 Å². The maximum Gasteiger partial charge on any atom is 0.433 e. The Morgan fingerprint density at radius 2 is 1.77 bits per heavy atom. The van der Waals surface area contributed by atoms with Crippen molar-refractivity contribution in [2.24, 2.45) is 5.41 Å². The Labute approximate surface area is 238 Å². The molecule has 2 N–H and O–H groups in total. The fourth-order valence-corrected chi connectivity index (χ4v) is 5.99. The highest BCUT2D eigenvalue weighted by Gasteiger charge is 2.45. The zero-order valence-corrected chi connectivity index (χ0v) is 23.3. The molecule has 2 aliphatic rings. The number of ether oxygens (including phenoxy) is 1. The lowest BCUT2D eigenvalue weighted by Crippen LogP contribution is -2.45. The minimum absolute atomic E-state index is 0.00177. The Hall–Kier alpha value is -2.70. The molecule has 1 aliphatic heterocycles. The van der Waals surface area contributed by atoms with Crippen LogP contribution >= 0.6 is 23.2 Å². The number of hydrogen-bond donors (Lipinski definition) is 2. The van der Waals surface area contributed by atoms with Crippen molar-refractivity contribution < 1.29 is 37.4 Å². The zero-order chi connectivity index (χ0) is 29.4. The molecule has 218 valence electrons. The third-order valence-electron chi connectivity index (χ3n) is 7.80. The summed E-state index contributed by atoms with van der Waals surface area (Å²) in [5.41, 5.74) is -2.94. The summed E-state index contributed by atoms with van der Waals surface area (Å²) in [7, 11) is 0. The number of pyridine rings is 1. The average Bonchev–Trinajstić information content (AvgIpc) is 3.51. The molecule has 4 rings (SSSR count). The number of nitrogens with one attached hydrogen (secondary N) is 1. The van der Waals surface area contributed by atoms with Crippen molar-refractivity contribution in [3.8, 4) is 0 Å². The van der Waals surface area contributed by atoms with E-state index in [0.29, 0.717) is 12.8 Å². The molecule has 1 aliphatic carbocycles. The van der Waals surface area contributed by atoms with E-state index < -0.39 is 58.7 Å². The Kier molecular flexibility index (Phi) is 8.82. The van der Waals surface area contributed by atoms with Gasteiger partial charge in [0.2, 0.25) is 0 Å². The second-order valence-corrected chi connectivity index (χ2v) is 11.5. The molecular weight excluding hydrogens is 576 g/mol. The number of aromatic nitrogens is 3. The topological polar surface area (TPSA) is 123 Å². The molecule has 40 heavy (non-hydrogen) atoms. The fraction of sp³-hybridized carbons (Fsp3) is 0.577. The van der Waals surface area contributed by atoms with Crippen LogP contribution in [0.5, 0.6) is 0 Å². The lowest BCUT2D eigenvalue weighted by atomic mass is 9.74. The number of Topliss-reactive ketones (excluding diaryl/α,β-unsaturated/α-hetero) is 1. The highest BCUT2D eigenvalue weighted by molar-refractivity contribution is 6.39. The molecule has 1 amide bonds. The second-order valence-electron chi connectivity index (χ2n) is 10.7. The number of carbonyl (C=O) groups excluding carboxylic acids is 2. The number of aliphatic carboxylic acids is 1. The van der Waals surface area contributed by atoms with Crippen molar-refractivity contribution in [1.82, 2.24) is 20.1 Å². The predicted molar refractivity (Wildman–Crippen MR) is 139 cm³/mol. The van der Waals surface area contributed by atoms with Crippen molar-refractivity contribution in [2.45, 2.75) is 89.3 Å². The Bertz CT molecular complexity index is 1270. The van der Waals surface area contributed by atoms with Gasteiger partial charge in [0, 0.05) is 18.8 Å². The molecule has 1 saturated heterocycles. The predicted octanol–water partition coefficient (Wildman–Crippen LogP) is 5.75. The van der Waals surface area contributed by atoms with Gasteiger partial charge in [-0.1, -0.05) is 23.2 Å². The minimum Gasteiger partial charge on any atom is -0.481 e. The maximum atomic E-state index is 14.3. The monoisotopic (exact) mass is 604 g/mol. The number of alkyl halides is 3. The normalized spacial score (nSPS) is 25.9. The molecule has 14 heteroatoms. The van der Waals surface area contributed by atoms with E-state index in [2.05, 4.69) is 15.4 Å². The van der Waals surface area contributed by atoms with Crippen LogP contribution in [0.15, 0.2) is 18.6 Å². The molecular formula is C26H29Cl2F3N4O5. The summed E-state index contributed by atoms with van der Waals surface area (Å²) in [4.78, 5) is 41.9. The van der Waals surface area contributed by atoms with Crippen LogP contribution in [0.1, 0.15) is 91.2 Å². The van der Waals surface area contributed by atoms with Crippen molar-refractivity contribution in [3.05, 3.63) is 45.5 Å². The summed E-state index contributed by atoms with van der Waals surface area (Å²) in [5.74, 6) is -2.58. The third-order valence-corrected chi connectivity index (χ3v) is 8.37. The van der Waals surface area contributed by atoms with Gasteiger partial charge in [-0.15, -0.1) is 0 Å². The number of rotatable bonds is 8. The number of halogens is 5. The fourth-order valence-electron chi connectivity index (χ4n) is 5.42. The van der Waals surface area contributed by atoms with E-state index in [1.165, 1.54) is 12.4 Å². The van der Waals surface area contributed by atoms with Crippen molar-refractivity contribution in [1.29, 1.82) is 0 Å². The lowest BCUT2D eigenvalue weighted by Gasteiger charge is -2.34. The summed E-state index contributed by atoms with van der Waals surface area (Å²) >= 11 is 12.2. The van der Waals surface area contributed by atoms with Crippen molar-refractivity contribution in [2.75, 3.05) is 0 Å². The van der Waals surface area contributed by atoms with Crippen molar-refractivity contribution in [3.63, 3.8) is 0 Å². The first-order valence-corrected chi connectivity index (χ1v) is 13.6. The van der Waals surface area contributed by atoms with Gasteiger partial charge in [0.1, 0.15) is 0 Å². The van der Waals surface area contributed by atoms with E-state index in [1.807, 2.05) is 6.92 Å². The van der Waals surface area contributed by atoms with E-state index in [0.717, 1.165) is 10.9 Å². The Morgan fingerprint density at radius 3 is 2.30 bits per heavy atom. The van der Waals surface area contributed by atoms with Gasteiger partial charge in [0.05, 0.1) is 57.1 Å². The molecule has 0 radical (unpaired) electrons. The van der Waals surface area contributed by atoms with Crippen LogP contribution in [0.4, 0.5) is 13.2 Å². The number of hydrogen-bond acceptors (Lipinski definition) is 6. The van der Waals surface area contributed by atoms with E-state index >= 15 is 0 Å². The number of carboxylic acids is 1. The van der Waals surface area contributed by atoms with Crippen LogP contribution in [-0.4, -0.2) is 55.8 Å². The highest BCUT2D eigenvalue weighted by atomic mass is 35.5. The summed E-state index contributed by atoms with van der Waals surface area (Å²) in [6.45, 7) is 3.39. The van der Waals surface area contributed by atoms with E-state index in [-0.39, 0.29) is 53.8 Å². The molecule has 2 aromatic rings. The molecule has 3 heterocycles. The highest BCUT2D eigenvalue weighted by Crippen LogP contribution is 2.43. The van der Waals surface area contributed by atoms with Gasteiger partial charge in [0.15, 0.2) is 11.5 Å². The van der Waals surface area contributed by atoms with Crippen LogP contribution in [0.3, 0.4) is 0 Å². The summed E-state index contributed by atoms with van der Waals surface area (Å²) in [5, 5.41) is 16.0. The quantitative estimate of drug-likeness (QED) is 0.368. The summed E-state index contributed by atoms with van der Waals surface area (Å²) in [6.07, 6.45) is -0.887. The molecule has 0 spiro atoms. The summed E-state index contributed by atoms with van der Waals surface area (Å²) in [6, 6.07) is -1.70. The smallest absolute Gasteiger partial charge is 0.433 e. The number of nitrogens with zero attached hydrogens (tertiary/aromatic N) is 3. The van der Waals surface area contributed by atoms with Gasteiger partial charge in [-0.25, -0.2) is 0 Å².